The van der Waals surface area contributed by atoms with Crippen LogP contribution in [0.5, 0.6) is 0 Å². The van der Waals surface area contributed by atoms with Crippen molar-refractivity contribution in [3.63, 3.8) is 0 Å². The van der Waals surface area contributed by atoms with Gasteiger partial charge in [-0.2, -0.15) is 0 Å². The van der Waals surface area contributed by atoms with E-state index in [0.717, 1.165) is 24.1 Å². The Labute approximate surface area is 93.8 Å². The van der Waals surface area contributed by atoms with Gasteiger partial charge in [-0.25, -0.2) is 10.4 Å². The third-order valence-corrected chi connectivity index (χ3v) is 3.32. The van der Waals surface area contributed by atoms with Gasteiger partial charge in [0.25, 0.3) is 0 Å². The molecule has 1 aromatic carbocycles. The van der Waals surface area contributed by atoms with Gasteiger partial charge in [0.15, 0.2) is 0 Å². The van der Waals surface area contributed by atoms with Gasteiger partial charge in [0.2, 0.25) is 5.91 Å². The molecule has 4 nitrogen and oxygen atoms in total. The molecule has 1 aromatic rings. The van der Waals surface area contributed by atoms with Gasteiger partial charge in [-0.1, -0.05) is 12.1 Å². The summed E-state index contributed by atoms with van der Waals surface area (Å²) in [6.07, 6.45) is 2.78. The second kappa shape index (κ2) is 3.30. The minimum absolute atomic E-state index is 0.0333. The largest absolute Gasteiger partial charge is 0.392 e. The maximum Gasteiger partial charge on any atom is 0.243 e. The van der Waals surface area contributed by atoms with E-state index in [0.29, 0.717) is 6.42 Å². The molecular formula is C12H14N2O2. The first kappa shape index (κ1) is 9.81. The summed E-state index contributed by atoms with van der Waals surface area (Å²) < 4.78 is 0. The van der Waals surface area contributed by atoms with Crippen LogP contribution in [-0.4, -0.2) is 16.6 Å². The molecule has 0 unspecified atom stereocenters. The Morgan fingerprint density at radius 2 is 2.00 bits per heavy atom. The first-order valence-corrected chi connectivity index (χ1v) is 5.53. The zero-order valence-electron chi connectivity index (χ0n) is 8.94. The van der Waals surface area contributed by atoms with Gasteiger partial charge in [0.05, 0.1) is 12.3 Å². The number of hydrazine groups is 1. The normalized spacial score (nSPS) is 21.8. The maximum absolute atomic E-state index is 11.8. The highest BCUT2D eigenvalue weighted by atomic mass is 16.3. The molecule has 16 heavy (non-hydrogen) atoms. The average molecular weight is 218 g/mol. The number of nitrogens with zero attached hydrogens (tertiary/aromatic N) is 1. The highest BCUT2D eigenvalue weighted by Gasteiger charge is 2.52. The number of aliphatic hydroxyl groups excluding tert-OH is 1. The van der Waals surface area contributed by atoms with Crippen molar-refractivity contribution in [1.82, 2.24) is 5.43 Å². The van der Waals surface area contributed by atoms with Crippen molar-refractivity contribution < 1.29 is 9.90 Å². The summed E-state index contributed by atoms with van der Waals surface area (Å²) in [6.45, 7) is 0.0333. The Hall–Kier alpha value is -1.39. The Morgan fingerprint density at radius 1 is 1.31 bits per heavy atom. The van der Waals surface area contributed by atoms with Crippen LogP contribution in [0.25, 0.3) is 0 Å². The molecule has 0 bridgehead atoms. The molecule has 2 aliphatic rings. The topological polar surface area (TPSA) is 52.6 Å². The molecule has 4 heteroatoms. The van der Waals surface area contributed by atoms with Crippen LogP contribution in [0.2, 0.25) is 0 Å². The van der Waals surface area contributed by atoms with E-state index in [1.165, 1.54) is 0 Å². The third-order valence-electron chi connectivity index (χ3n) is 3.32. The summed E-state index contributed by atoms with van der Waals surface area (Å²) in [4.78, 5) is 11.8. The first-order chi connectivity index (χ1) is 7.72. The SMILES string of the molecule is O=C1CC2(CC2)NN1c1ccc(CO)cc1. The standard InChI is InChI=1S/C12H14N2O2/c15-8-9-1-3-10(4-2-9)14-11(16)7-12(13-14)5-6-12/h1-4,13,15H,5-8H2. The molecule has 0 aromatic heterocycles. The van der Waals surface area contributed by atoms with Crippen LogP contribution >= 0.6 is 0 Å². The predicted octanol–water partition coefficient (Wildman–Crippen LogP) is 0.953. The van der Waals surface area contributed by atoms with E-state index in [1.54, 1.807) is 5.01 Å². The van der Waals surface area contributed by atoms with Gasteiger partial charge in [0, 0.05) is 12.0 Å². The minimum atomic E-state index is 0.0333. The van der Waals surface area contributed by atoms with Crippen LogP contribution in [0.4, 0.5) is 5.69 Å². The summed E-state index contributed by atoms with van der Waals surface area (Å²) in [5.41, 5.74) is 5.04. The Morgan fingerprint density at radius 3 is 2.50 bits per heavy atom. The molecule has 1 saturated heterocycles. The van der Waals surface area contributed by atoms with E-state index in [9.17, 15) is 4.79 Å². The molecule has 0 atom stereocenters. The molecule has 3 rings (SSSR count). The van der Waals surface area contributed by atoms with Crippen molar-refractivity contribution >= 4 is 11.6 Å². The van der Waals surface area contributed by atoms with Crippen molar-refractivity contribution in [2.75, 3.05) is 5.01 Å². The minimum Gasteiger partial charge on any atom is -0.392 e. The summed E-state index contributed by atoms with van der Waals surface area (Å²) in [5, 5.41) is 10.6. The van der Waals surface area contributed by atoms with E-state index in [-0.39, 0.29) is 18.1 Å². The summed E-state index contributed by atoms with van der Waals surface area (Å²) in [5.74, 6) is 0.134. The Bertz CT molecular complexity index is 423. The van der Waals surface area contributed by atoms with Crippen LogP contribution in [0.15, 0.2) is 24.3 Å². The zero-order chi connectivity index (χ0) is 11.2. The number of rotatable bonds is 2. The molecule has 1 aliphatic carbocycles. The number of hydrogen-bond acceptors (Lipinski definition) is 3. The van der Waals surface area contributed by atoms with Crippen LogP contribution in [-0.2, 0) is 11.4 Å². The number of amides is 1. The quantitative estimate of drug-likeness (QED) is 0.777. The van der Waals surface area contributed by atoms with Gasteiger partial charge >= 0.3 is 0 Å². The first-order valence-electron chi connectivity index (χ1n) is 5.53. The number of nitrogens with one attached hydrogen (secondary N) is 1. The second-order valence-electron chi connectivity index (χ2n) is 4.62. The summed E-state index contributed by atoms with van der Waals surface area (Å²) >= 11 is 0. The van der Waals surface area contributed by atoms with Crippen molar-refractivity contribution in [3.05, 3.63) is 29.8 Å². The zero-order valence-corrected chi connectivity index (χ0v) is 8.94. The second-order valence-corrected chi connectivity index (χ2v) is 4.62. The van der Waals surface area contributed by atoms with E-state index in [1.807, 2.05) is 24.3 Å². The lowest BCUT2D eigenvalue weighted by atomic mass is 10.2. The number of aliphatic hydroxyl groups is 1. The summed E-state index contributed by atoms with van der Waals surface area (Å²) in [6, 6.07) is 7.39. The molecular weight excluding hydrogens is 204 g/mol. The van der Waals surface area contributed by atoms with Gasteiger partial charge in [-0.15, -0.1) is 0 Å². The fourth-order valence-electron chi connectivity index (χ4n) is 2.11. The maximum atomic E-state index is 11.8. The fraction of sp³-hybridized carbons (Fsp3) is 0.417. The number of anilines is 1. The molecule has 1 amide bonds. The van der Waals surface area contributed by atoms with E-state index >= 15 is 0 Å². The van der Waals surface area contributed by atoms with Crippen LogP contribution in [0.3, 0.4) is 0 Å². The lowest BCUT2D eigenvalue weighted by Gasteiger charge is -2.17. The van der Waals surface area contributed by atoms with E-state index in [4.69, 9.17) is 5.11 Å². The molecule has 2 N–H and O–H groups in total. The van der Waals surface area contributed by atoms with E-state index < -0.39 is 0 Å². The van der Waals surface area contributed by atoms with Gasteiger partial charge in [-0.05, 0) is 30.5 Å². The average Bonchev–Trinajstić information content (AvgIpc) is 2.97. The Kier molecular flexibility index (Phi) is 2.02. The van der Waals surface area contributed by atoms with E-state index in [2.05, 4.69) is 5.43 Å². The number of carbonyl (C=O) groups is 1. The molecule has 1 saturated carbocycles. The molecule has 0 radical (unpaired) electrons. The number of carbonyl (C=O) groups excluding carboxylic acids is 1. The van der Waals surface area contributed by atoms with Crippen LogP contribution < -0.4 is 10.4 Å². The highest BCUT2D eigenvalue weighted by molar-refractivity contribution is 5.96. The van der Waals surface area contributed by atoms with Gasteiger partial charge in [0.1, 0.15) is 0 Å². The lowest BCUT2D eigenvalue weighted by Crippen LogP contribution is -2.38. The monoisotopic (exact) mass is 218 g/mol. The fourth-order valence-corrected chi connectivity index (χ4v) is 2.11. The molecule has 2 fully saturated rings. The molecule has 84 valence electrons. The highest BCUT2D eigenvalue weighted by Crippen LogP contribution is 2.43. The van der Waals surface area contributed by atoms with Crippen molar-refractivity contribution in [2.24, 2.45) is 0 Å². The lowest BCUT2D eigenvalue weighted by molar-refractivity contribution is -0.117. The smallest absolute Gasteiger partial charge is 0.243 e. The van der Waals surface area contributed by atoms with Crippen molar-refractivity contribution in [2.45, 2.75) is 31.4 Å². The van der Waals surface area contributed by atoms with Crippen LogP contribution in [0, 0.1) is 0 Å². The number of benzene rings is 1. The molecule has 1 heterocycles. The third kappa shape index (κ3) is 1.50. The Balaban J connectivity index is 1.83. The van der Waals surface area contributed by atoms with Crippen molar-refractivity contribution in [1.29, 1.82) is 0 Å². The van der Waals surface area contributed by atoms with Crippen molar-refractivity contribution in [3.8, 4) is 0 Å². The predicted molar refractivity (Wildman–Crippen MR) is 59.6 cm³/mol. The molecule has 1 spiro atoms. The van der Waals surface area contributed by atoms with Gasteiger partial charge < -0.3 is 5.11 Å². The van der Waals surface area contributed by atoms with Crippen LogP contribution in [0.1, 0.15) is 24.8 Å². The van der Waals surface area contributed by atoms with Gasteiger partial charge in [-0.3, -0.25) is 4.79 Å². The molecule has 1 aliphatic heterocycles. The number of hydrogen-bond donors (Lipinski definition) is 2. The summed E-state index contributed by atoms with van der Waals surface area (Å²) in [7, 11) is 0.